The van der Waals surface area contributed by atoms with Crippen molar-refractivity contribution in [2.45, 2.75) is 25.7 Å². The predicted molar refractivity (Wildman–Crippen MR) is 43.8 cm³/mol. The van der Waals surface area contributed by atoms with E-state index in [2.05, 4.69) is 9.97 Å². The summed E-state index contributed by atoms with van der Waals surface area (Å²) in [6, 6.07) is 0. The van der Waals surface area contributed by atoms with Gasteiger partial charge in [0, 0.05) is 25.2 Å². The summed E-state index contributed by atoms with van der Waals surface area (Å²) in [5.74, 6) is 0.204. The minimum Gasteiger partial charge on any atom is -0.481 e. The van der Waals surface area contributed by atoms with Crippen LogP contribution in [0.15, 0.2) is 12.4 Å². The van der Waals surface area contributed by atoms with Gasteiger partial charge in [0.1, 0.15) is 5.82 Å². The molecule has 2 N–H and O–H groups in total. The number of carbonyl (C=O) groups is 1. The van der Waals surface area contributed by atoms with Gasteiger partial charge in [0.05, 0.1) is 0 Å². The normalized spacial score (nSPS) is 10.0. The van der Waals surface area contributed by atoms with Crippen molar-refractivity contribution in [3.05, 3.63) is 18.2 Å². The molecule has 4 nitrogen and oxygen atoms in total. The summed E-state index contributed by atoms with van der Waals surface area (Å²) in [6.45, 7) is 0. The number of H-pyrrole nitrogens is 1. The van der Waals surface area contributed by atoms with E-state index in [-0.39, 0.29) is 6.42 Å². The number of aromatic nitrogens is 2. The van der Waals surface area contributed by atoms with Crippen molar-refractivity contribution in [2.24, 2.45) is 0 Å². The average molecular weight is 168 g/mol. The summed E-state index contributed by atoms with van der Waals surface area (Å²) < 4.78 is 0. The molecule has 0 saturated heterocycles. The fourth-order valence-corrected chi connectivity index (χ4v) is 1.00. The van der Waals surface area contributed by atoms with Gasteiger partial charge in [-0.05, 0) is 12.8 Å². The van der Waals surface area contributed by atoms with Gasteiger partial charge in [0.15, 0.2) is 0 Å². The van der Waals surface area contributed by atoms with Crippen LogP contribution in [0.1, 0.15) is 25.1 Å². The molecule has 0 amide bonds. The van der Waals surface area contributed by atoms with Crippen molar-refractivity contribution in [3.8, 4) is 0 Å². The topological polar surface area (TPSA) is 66.0 Å². The van der Waals surface area contributed by atoms with Crippen molar-refractivity contribution in [2.75, 3.05) is 0 Å². The lowest BCUT2D eigenvalue weighted by Crippen LogP contribution is -1.95. The molecule has 0 saturated carbocycles. The van der Waals surface area contributed by atoms with Crippen LogP contribution in [-0.2, 0) is 11.2 Å². The number of hydrogen-bond donors (Lipinski definition) is 2. The summed E-state index contributed by atoms with van der Waals surface area (Å²) in [6.07, 6.45) is 6.15. The van der Waals surface area contributed by atoms with Crippen LogP contribution in [0.5, 0.6) is 0 Å². The lowest BCUT2D eigenvalue weighted by atomic mass is 10.2. The second kappa shape index (κ2) is 4.54. The predicted octanol–water partition coefficient (Wildman–Crippen LogP) is 1.21. The number of nitrogens with one attached hydrogen (secondary N) is 1. The van der Waals surface area contributed by atoms with E-state index in [1.54, 1.807) is 12.4 Å². The highest BCUT2D eigenvalue weighted by Crippen LogP contribution is 2.01. The first-order chi connectivity index (χ1) is 5.79. The van der Waals surface area contributed by atoms with E-state index in [4.69, 9.17) is 5.11 Å². The number of nitrogens with zero attached hydrogens (tertiary/aromatic N) is 1. The number of unbranched alkanes of at least 4 members (excludes halogenated alkanes) is 1. The zero-order valence-corrected chi connectivity index (χ0v) is 6.79. The lowest BCUT2D eigenvalue weighted by Gasteiger charge is -1.94. The Balaban J connectivity index is 2.07. The molecule has 1 heterocycles. The first kappa shape index (κ1) is 8.77. The minimum absolute atomic E-state index is 0.251. The van der Waals surface area contributed by atoms with E-state index in [0.717, 1.165) is 25.1 Å². The van der Waals surface area contributed by atoms with Gasteiger partial charge in [-0.25, -0.2) is 4.98 Å². The quantitative estimate of drug-likeness (QED) is 0.649. The fraction of sp³-hybridized carbons (Fsp3) is 0.500. The molecular formula is C8H12N2O2. The van der Waals surface area contributed by atoms with Crippen molar-refractivity contribution >= 4 is 5.97 Å². The summed E-state index contributed by atoms with van der Waals surface area (Å²) in [7, 11) is 0. The maximum Gasteiger partial charge on any atom is 0.303 e. The van der Waals surface area contributed by atoms with Gasteiger partial charge in [-0.3, -0.25) is 4.79 Å². The van der Waals surface area contributed by atoms with E-state index in [1.165, 1.54) is 0 Å². The molecule has 1 rings (SSSR count). The highest BCUT2D eigenvalue weighted by molar-refractivity contribution is 5.66. The van der Waals surface area contributed by atoms with Crippen molar-refractivity contribution in [1.82, 2.24) is 9.97 Å². The SMILES string of the molecule is O=C(O)CCCCc1ncc[nH]1. The molecule has 0 atom stereocenters. The van der Waals surface area contributed by atoms with Crippen LogP contribution in [0.2, 0.25) is 0 Å². The number of rotatable bonds is 5. The van der Waals surface area contributed by atoms with Gasteiger partial charge in [0.2, 0.25) is 0 Å². The van der Waals surface area contributed by atoms with Gasteiger partial charge in [-0.15, -0.1) is 0 Å². The molecule has 12 heavy (non-hydrogen) atoms. The Bertz CT molecular complexity index is 231. The molecule has 0 aliphatic rings. The molecule has 0 unspecified atom stereocenters. The smallest absolute Gasteiger partial charge is 0.303 e. The molecule has 0 spiro atoms. The summed E-state index contributed by atoms with van der Waals surface area (Å²) in [5.41, 5.74) is 0. The monoisotopic (exact) mass is 168 g/mol. The molecule has 1 aromatic rings. The van der Waals surface area contributed by atoms with Gasteiger partial charge in [-0.1, -0.05) is 0 Å². The molecule has 4 heteroatoms. The second-order valence-corrected chi connectivity index (χ2v) is 2.64. The largest absolute Gasteiger partial charge is 0.481 e. The van der Waals surface area contributed by atoms with Crippen LogP contribution in [-0.4, -0.2) is 21.0 Å². The third kappa shape index (κ3) is 3.18. The van der Waals surface area contributed by atoms with Gasteiger partial charge in [-0.2, -0.15) is 0 Å². The van der Waals surface area contributed by atoms with Crippen LogP contribution < -0.4 is 0 Å². The number of carboxylic acid groups (broad SMARTS) is 1. The van der Waals surface area contributed by atoms with Crippen molar-refractivity contribution in [1.29, 1.82) is 0 Å². The van der Waals surface area contributed by atoms with E-state index >= 15 is 0 Å². The van der Waals surface area contributed by atoms with Crippen molar-refractivity contribution in [3.63, 3.8) is 0 Å². The molecule has 0 aliphatic heterocycles. The van der Waals surface area contributed by atoms with Crippen LogP contribution in [0.3, 0.4) is 0 Å². The summed E-state index contributed by atoms with van der Waals surface area (Å²) in [4.78, 5) is 17.1. The lowest BCUT2D eigenvalue weighted by molar-refractivity contribution is -0.137. The molecule has 0 fully saturated rings. The van der Waals surface area contributed by atoms with E-state index in [1.807, 2.05) is 0 Å². The van der Waals surface area contributed by atoms with Crippen LogP contribution in [0, 0.1) is 0 Å². The zero-order chi connectivity index (χ0) is 8.81. The van der Waals surface area contributed by atoms with Crippen LogP contribution >= 0.6 is 0 Å². The minimum atomic E-state index is -0.727. The Morgan fingerprint density at radius 1 is 1.58 bits per heavy atom. The van der Waals surface area contributed by atoms with Crippen molar-refractivity contribution < 1.29 is 9.90 Å². The van der Waals surface area contributed by atoms with Gasteiger partial charge < -0.3 is 10.1 Å². The number of aromatic amines is 1. The summed E-state index contributed by atoms with van der Waals surface area (Å²) in [5, 5.41) is 8.35. The Morgan fingerprint density at radius 2 is 2.42 bits per heavy atom. The van der Waals surface area contributed by atoms with E-state index < -0.39 is 5.97 Å². The number of aliphatic carboxylic acids is 1. The molecule has 0 aromatic carbocycles. The van der Waals surface area contributed by atoms with Gasteiger partial charge in [0.25, 0.3) is 0 Å². The van der Waals surface area contributed by atoms with Gasteiger partial charge >= 0.3 is 5.97 Å². The second-order valence-electron chi connectivity index (χ2n) is 2.64. The maximum absolute atomic E-state index is 10.1. The Morgan fingerprint density at radius 3 is 3.00 bits per heavy atom. The zero-order valence-electron chi connectivity index (χ0n) is 6.79. The molecule has 1 aromatic heterocycles. The molecule has 0 aliphatic carbocycles. The average Bonchev–Trinajstić information content (AvgIpc) is 2.49. The van der Waals surface area contributed by atoms with Crippen LogP contribution in [0.4, 0.5) is 0 Å². The highest BCUT2D eigenvalue weighted by Gasteiger charge is 1.98. The first-order valence-electron chi connectivity index (χ1n) is 3.99. The third-order valence-electron chi connectivity index (χ3n) is 1.61. The number of imidazole rings is 1. The third-order valence-corrected chi connectivity index (χ3v) is 1.61. The Hall–Kier alpha value is -1.32. The molecular weight excluding hydrogens is 156 g/mol. The molecule has 0 radical (unpaired) electrons. The van der Waals surface area contributed by atoms with E-state index in [0.29, 0.717) is 0 Å². The Labute approximate surface area is 70.6 Å². The highest BCUT2D eigenvalue weighted by atomic mass is 16.4. The fourth-order valence-electron chi connectivity index (χ4n) is 1.00. The maximum atomic E-state index is 10.1. The first-order valence-corrected chi connectivity index (χ1v) is 3.99. The molecule has 0 bridgehead atoms. The number of carboxylic acids is 1. The Kier molecular flexibility index (Phi) is 3.32. The van der Waals surface area contributed by atoms with Crippen LogP contribution in [0.25, 0.3) is 0 Å². The summed E-state index contributed by atoms with van der Waals surface area (Å²) >= 11 is 0. The molecule has 66 valence electrons. The standard InChI is InChI=1S/C8H12N2O2/c11-8(12)4-2-1-3-7-9-5-6-10-7/h5-6H,1-4H2,(H,9,10)(H,11,12). The number of aryl methyl sites for hydroxylation is 1. The van der Waals surface area contributed by atoms with E-state index in [9.17, 15) is 4.79 Å². The number of hydrogen-bond acceptors (Lipinski definition) is 2.